The number of piperazine rings is 1. The Kier molecular flexibility index (Phi) is 9.08. The van der Waals surface area contributed by atoms with Crippen LogP contribution in [0.1, 0.15) is 69.2 Å². The second kappa shape index (κ2) is 12.1. The van der Waals surface area contributed by atoms with E-state index in [0.717, 1.165) is 29.4 Å². The zero-order valence-electron chi connectivity index (χ0n) is 23.6. The van der Waals surface area contributed by atoms with Crippen LogP contribution < -0.4 is 9.74 Å². The summed E-state index contributed by atoms with van der Waals surface area (Å²) in [7, 11) is -1.01. The van der Waals surface area contributed by atoms with Gasteiger partial charge in [0.2, 0.25) is 0 Å². The summed E-state index contributed by atoms with van der Waals surface area (Å²) in [5.74, 6) is 0.569. The van der Waals surface area contributed by atoms with Crippen LogP contribution in [0.15, 0.2) is 53.9 Å². The van der Waals surface area contributed by atoms with Crippen LogP contribution in [0.2, 0.25) is 11.6 Å². The van der Waals surface area contributed by atoms with Crippen LogP contribution in [0.25, 0.3) is 10.6 Å². The van der Waals surface area contributed by atoms with Gasteiger partial charge in [-0.25, -0.2) is 9.78 Å². The molecule has 3 atom stereocenters. The first kappa shape index (κ1) is 28.5. The first-order valence-corrected chi connectivity index (χ1v) is 16.2. The van der Waals surface area contributed by atoms with Crippen molar-refractivity contribution in [3.8, 4) is 16.3 Å². The van der Waals surface area contributed by atoms with E-state index >= 15 is 0 Å². The minimum absolute atomic E-state index is 0.0979. The van der Waals surface area contributed by atoms with Crippen LogP contribution in [0.4, 0.5) is 0 Å². The molecule has 1 aromatic heterocycles. The number of esters is 1. The highest BCUT2D eigenvalue weighted by Gasteiger charge is 2.32. The number of carbonyl (C=O) groups is 1. The summed E-state index contributed by atoms with van der Waals surface area (Å²) in [6.07, 6.45) is 0. The Morgan fingerprint density at radius 2 is 1.92 bits per heavy atom. The number of rotatable bonds is 8. The molecule has 1 N–H and O–H groups in total. The molecule has 38 heavy (non-hydrogen) atoms. The summed E-state index contributed by atoms with van der Waals surface area (Å²) < 4.78 is 11.6. The second-order valence-electron chi connectivity index (χ2n) is 11.1. The minimum Gasteiger partial charge on any atom is -0.542 e. The van der Waals surface area contributed by atoms with Crippen molar-refractivity contribution in [2.75, 3.05) is 19.7 Å². The predicted octanol–water partition coefficient (Wildman–Crippen LogP) is 6.56. The fraction of sp³-hybridized carbons (Fsp3) is 0.467. The van der Waals surface area contributed by atoms with E-state index in [1.165, 1.54) is 22.5 Å². The Morgan fingerprint density at radius 3 is 2.61 bits per heavy atom. The minimum atomic E-state index is -1.01. The van der Waals surface area contributed by atoms with E-state index in [-0.39, 0.29) is 17.0 Å². The summed E-state index contributed by atoms with van der Waals surface area (Å²) in [5.41, 5.74) is 3.82. The monoisotopic (exact) mass is 550 g/mol. The lowest BCUT2D eigenvalue weighted by Crippen LogP contribution is -2.55. The molecule has 203 valence electrons. The SMILES string of the molecule is CCOC(=O)c1csc(-c2ccc(C(c3cccc(O[Si](C)C(C)(C)C)c3)N3C[C@H](C)NC[C@@H]3C)cc2)n1. The number of nitrogens with zero attached hydrogens (tertiary/aromatic N) is 2. The molecule has 1 aliphatic heterocycles. The van der Waals surface area contributed by atoms with Crippen LogP contribution >= 0.6 is 11.3 Å². The maximum Gasteiger partial charge on any atom is 0.357 e. The van der Waals surface area contributed by atoms with Crippen LogP contribution in [0.3, 0.4) is 0 Å². The Labute approximate surface area is 233 Å². The van der Waals surface area contributed by atoms with Crippen molar-refractivity contribution in [3.05, 3.63) is 70.7 Å². The average molecular weight is 551 g/mol. The van der Waals surface area contributed by atoms with Gasteiger partial charge >= 0.3 is 5.97 Å². The normalized spacial score (nSPS) is 19.4. The molecule has 1 unspecified atom stereocenters. The molecule has 1 aliphatic rings. The molecular weight excluding hydrogens is 511 g/mol. The van der Waals surface area contributed by atoms with Gasteiger partial charge in [0.1, 0.15) is 10.8 Å². The summed E-state index contributed by atoms with van der Waals surface area (Å²) >= 11 is 1.46. The topological polar surface area (TPSA) is 63.7 Å². The number of carbonyl (C=O) groups excluding carboxylic acids is 1. The third kappa shape index (κ3) is 6.72. The van der Waals surface area contributed by atoms with Crippen LogP contribution in [0, 0.1) is 0 Å². The van der Waals surface area contributed by atoms with Gasteiger partial charge in [-0.15, -0.1) is 11.3 Å². The molecule has 1 radical (unpaired) electrons. The number of ether oxygens (including phenoxy) is 1. The van der Waals surface area contributed by atoms with Crippen molar-refractivity contribution in [2.24, 2.45) is 0 Å². The molecule has 4 rings (SSSR count). The molecule has 1 saturated heterocycles. The Balaban J connectivity index is 1.67. The van der Waals surface area contributed by atoms with Crippen LogP contribution in [-0.2, 0) is 4.74 Å². The zero-order valence-corrected chi connectivity index (χ0v) is 25.4. The van der Waals surface area contributed by atoms with Gasteiger partial charge < -0.3 is 14.5 Å². The highest BCUT2D eigenvalue weighted by atomic mass is 32.1. The fourth-order valence-corrected chi connectivity index (χ4v) is 6.16. The lowest BCUT2D eigenvalue weighted by atomic mass is 9.93. The maximum atomic E-state index is 12.1. The van der Waals surface area contributed by atoms with Gasteiger partial charge in [0.25, 0.3) is 9.04 Å². The molecule has 6 nitrogen and oxygen atoms in total. The second-order valence-corrected chi connectivity index (χ2v) is 14.8. The lowest BCUT2D eigenvalue weighted by molar-refractivity contribution is 0.0520. The van der Waals surface area contributed by atoms with E-state index in [9.17, 15) is 4.79 Å². The van der Waals surface area contributed by atoms with E-state index in [4.69, 9.17) is 9.16 Å². The number of hydrogen-bond donors (Lipinski definition) is 1. The molecule has 0 amide bonds. The van der Waals surface area contributed by atoms with Gasteiger partial charge in [-0.1, -0.05) is 57.2 Å². The van der Waals surface area contributed by atoms with Crippen molar-refractivity contribution in [1.82, 2.24) is 15.2 Å². The number of nitrogens with one attached hydrogen (secondary N) is 1. The fourth-order valence-electron chi connectivity index (χ4n) is 4.58. The summed E-state index contributed by atoms with van der Waals surface area (Å²) in [4.78, 5) is 19.2. The Morgan fingerprint density at radius 1 is 1.18 bits per heavy atom. The van der Waals surface area contributed by atoms with E-state index in [1.807, 2.05) is 0 Å². The third-order valence-corrected chi connectivity index (χ3v) is 10.7. The van der Waals surface area contributed by atoms with Crippen molar-refractivity contribution < 1.29 is 14.0 Å². The number of benzene rings is 2. The van der Waals surface area contributed by atoms with Gasteiger partial charge in [0, 0.05) is 36.1 Å². The van der Waals surface area contributed by atoms with E-state index in [0.29, 0.717) is 24.4 Å². The molecule has 0 bridgehead atoms. The van der Waals surface area contributed by atoms with Gasteiger partial charge in [-0.2, -0.15) is 0 Å². The van der Waals surface area contributed by atoms with Crippen molar-refractivity contribution in [1.29, 1.82) is 0 Å². The Hall–Kier alpha value is -2.52. The summed E-state index contributed by atoms with van der Waals surface area (Å²) in [6.45, 7) is 17.6. The van der Waals surface area contributed by atoms with Gasteiger partial charge in [0.15, 0.2) is 5.69 Å². The number of aromatic nitrogens is 1. The Bertz CT molecular complexity index is 1220. The lowest BCUT2D eigenvalue weighted by Gasteiger charge is -2.43. The highest BCUT2D eigenvalue weighted by molar-refractivity contribution is 7.13. The van der Waals surface area contributed by atoms with Crippen molar-refractivity contribution in [2.45, 2.75) is 71.3 Å². The van der Waals surface area contributed by atoms with E-state index in [1.54, 1.807) is 12.3 Å². The quantitative estimate of drug-likeness (QED) is 0.253. The van der Waals surface area contributed by atoms with E-state index < -0.39 is 9.04 Å². The molecule has 2 aromatic carbocycles. The first-order valence-electron chi connectivity index (χ1n) is 13.4. The summed E-state index contributed by atoms with van der Waals surface area (Å²) in [5, 5.41) is 6.35. The van der Waals surface area contributed by atoms with Crippen molar-refractivity contribution in [3.63, 3.8) is 0 Å². The molecule has 2 heterocycles. The molecule has 0 spiro atoms. The van der Waals surface area contributed by atoms with Gasteiger partial charge in [-0.3, -0.25) is 4.90 Å². The summed E-state index contributed by atoms with van der Waals surface area (Å²) in [6, 6.07) is 18.2. The molecule has 0 saturated carbocycles. The standard InChI is InChI=1S/C30H40N3O3SSi/c1-8-35-29(34)26-19-37-28(32-26)23-14-12-22(13-15-23)27(33-18-20(2)31-17-21(33)3)24-10-9-11-25(16-24)36-38(7)30(4,5)6/h9-16,19-21,27,31H,8,17-18H2,1-7H3/t20-,21-,27?/m0/s1. The average Bonchev–Trinajstić information content (AvgIpc) is 3.37. The van der Waals surface area contributed by atoms with Gasteiger partial charge in [-0.05, 0) is 55.6 Å². The maximum absolute atomic E-state index is 12.1. The van der Waals surface area contributed by atoms with E-state index in [2.05, 4.69) is 105 Å². The molecular formula is C30H40N3O3SSi. The van der Waals surface area contributed by atoms with Gasteiger partial charge in [0.05, 0.1) is 12.6 Å². The highest BCUT2D eigenvalue weighted by Crippen LogP contribution is 2.36. The number of hydrogen-bond acceptors (Lipinski definition) is 7. The van der Waals surface area contributed by atoms with Crippen molar-refractivity contribution >= 4 is 26.3 Å². The zero-order chi connectivity index (χ0) is 27.4. The van der Waals surface area contributed by atoms with Crippen LogP contribution in [0.5, 0.6) is 5.75 Å². The third-order valence-electron chi connectivity index (χ3n) is 7.11. The smallest absolute Gasteiger partial charge is 0.357 e. The molecule has 1 fully saturated rings. The molecule has 0 aliphatic carbocycles. The number of thiazole rings is 1. The van der Waals surface area contributed by atoms with Crippen LogP contribution in [-0.4, -0.2) is 56.7 Å². The predicted molar refractivity (Wildman–Crippen MR) is 157 cm³/mol. The molecule has 3 aromatic rings. The molecule has 8 heteroatoms. The largest absolute Gasteiger partial charge is 0.542 e. The first-order chi connectivity index (χ1) is 18.1.